The van der Waals surface area contributed by atoms with Crippen molar-refractivity contribution in [3.63, 3.8) is 0 Å². The van der Waals surface area contributed by atoms with Crippen LogP contribution in [0.4, 0.5) is 0 Å². The number of thioether (sulfide) groups is 1. The summed E-state index contributed by atoms with van der Waals surface area (Å²) in [5.74, 6) is 2.86. The predicted molar refractivity (Wildman–Crippen MR) is 59.2 cm³/mol. The lowest BCUT2D eigenvalue weighted by Gasteiger charge is -2.31. The van der Waals surface area contributed by atoms with E-state index in [2.05, 4.69) is 0 Å². The number of rotatable bonds is 1. The Balaban J connectivity index is 1.85. The van der Waals surface area contributed by atoms with Gasteiger partial charge in [-0.15, -0.1) is 0 Å². The second-order valence-electron chi connectivity index (χ2n) is 4.22. The van der Waals surface area contributed by atoms with E-state index in [1.807, 2.05) is 16.7 Å². The highest BCUT2D eigenvalue weighted by atomic mass is 32.2. The van der Waals surface area contributed by atoms with Crippen LogP contribution in [0, 0.1) is 5.92 Å². The fourth-order valence-corrected chi connectivity index (χ4v) is 3.32. The first-order valence-electron chi connectivity index (χ1n) is 5.39. The third-order valence-corrected chi connectivity index (χ3v) is 4.29. The van der Waals surface area contributed by atoms with Gasteiger partial charge >= 0.3 is 0 Å². The highest BCUT2D eigenvalue weighted by Crippen LogP contribution is 2.26. The van der Waals surface area contributed by atoms with Gasteiger partial charge in [0.2, 0.25) is 5.91 Å². The van der Waals surface area contributed by atoms with Crippen LogP contribution in [0.5, 0.6) is 0 Å². The lowest BCUT2D eigenvalue weighted by Crippen LogP contribution is -2.45. The third kappa shape index (κ3) is 2.23. The van der Waals surface area contributed by atoms with Gasteiger partial charge in [0.05, 0.1) is 0 Å². The highest BCUT2D eigenvalue weighted by Gasteiger charge is 2.29. The van der Waals surface area contributed by atoms with Gasteiger partial charge in [-0.25, -0.2) is 0 Å². The maximum atomic E-state index is 12.0. The van der Waals surface area contributed by atoms with Crippen molar-refractivity contribution in [2.24, 2.45) is 11.7 Å². The number of piperidine rings is 1. The van der Waals surface area contributed by atoms with E-state index in [4.69, 9.17) is 5.73 Å². The van der Waals surface area contributed by atoms with Gasteiger partial charge in [0, 0.05) is 30.8 Å². The minimum absolute atomic E-state index is 0.300. The molecule has 2 heterocycles. The molecule has 4 heteroatoms. The molecule has 2 fully saturated rings. The van der Waals surface area contributed by atoms with E-state index in [-0.39, 0.29) is 0 Å². The molecular weight excluding hydrogens is 196 g/mol. The Morgan fingerprint density at radius 1 is 1.29 bits per heavy atom. The van der Waals surface area contributed by atoms with Crippen molar-refractivity contribution < 1.29 is 4.79 Å². The molecule has 0 radical (unpaired) electrons. The normalized spacial score (nSPS) is 29.5. The average Bonchev–Trinajstić information content (AvgIpc) is 2.71. The molecule has 0 aromatic carbocycles. The highest BCUT2D eigenvalue weighted by molar-refractivity contribution is 7.99. The molecule has 80 valence electrons. The summed E-state index contributed by atoms with van der Waals surface area (Å²) in [6.45, 7) is 1.75. The molecule has 2 N–H and O–H groups in total. The van der Waals surface area contributed by atoms with E-state index in [1.165, 1.54) is 0 Å². The Labute approximate surface area is 89.4 Å². The van der Waals surface area contributed by atoms with Crippen LogP contribution in [-0.2, 0) is 4.79 Å². The number of hydrogen-bond acceptors (Lipinski definition) is 3. The first kappa shape index (κ1) is 10.3. The van der Waals surface area contributed by atoms with Gasteiger partial charge < -0.3 is 10.6 Å². The number of carbonyl (C=O) groups is 1. The Morgan fingerprint density at radius 3 is 2.57 bits per heavy atom. The van der Waals surface area contributed by atoms with E-state index in [1.54, 1.807) is 0 Å². The first-order valence-corrected chi connectivity index (χ1v) is 6.55. The van der Waals surface area contributed by atoms with Gasteiger partial charge in [-0.1, -0.05) is 0 Å². The second-order valence-corrected chi connectivity index (χ2v) is 5.37. The Kier molecular flexibility index (Phi) is 3.34. The van der Waals surface area contributed by atoms with Crippen molar-refractivity contribution in [3.8, 4) is 0 Å². The van der Waals surface area contributed by atoms with Crippen molar-refractivity contribution in [3.05, 3.63) is 0 Å². The Hall–Kier alpha value is -0.220. The molecule has 14 heavy (non-hydrogen) atoms. The van der Waals surface area contributed by atoms with Crippen molar-refractivity contribution in [1.29, 1.82) is 0 Å². The largest absolute Gasteiger partial charge is 0.342 e. The van der Waals surface area contributed by atoms with Crippen molar-refractivity contribution in [1.82, 2.24) is 4.90 Å². The number of nitrogens with zero attached hydrogens (tertiary/aromatic N) is 1. The molecule has 0 aliphatic carbocycles. The number of likely N-dealkylation sites (tertiary alicyclic amines) is 1. The minimum Gasteiger partial charge on any atom is -0.342 e. The monoisotopic (exact) mass is 214 g/mol. The summed E-state index contributed by atoms with van der Waals surface area (Å²) in [6, 6.07) is 0.317. The summed E-state index contributed by atoms with van der Waals surface area (Å²) < 4.78 is 0. The Bertz CT molecular complexity index is 208. The van der Waals surface area contributed by atoms with Crippen LogP contribution in [0.3, 0.4) is 0 Å². The molecule has 1 amide bonds. The summed E-state index contributed by atoms with van der Waals surface area (Å²) in [5, 5.41) is 0. The fraction of sp³-hybridized carbons (Fsp3) is 0.900. The Morgan fingerprint density at radius 2 is 2.00 bits per heavy atom. The van der Waals surface area contributed by atoms with E-state index < -0.39 is 0 Å². The van der Waals surface area contributed by atoms with Crippen molar-refractivity contribution in [2.45, 2.75) is 25.3 Å². The number of carbonyl (C=O) groups excluding carboxylic acids is 1. The molecule has 2 saturated heterocycles. The van der Waals surface area contributed by atoms with Gasteiger partial charge in [-0.3, -0.25) is 4.79 Å². The summed E-state index contributed by atoms with van der Waals surface area (Å²) in [7, 11) is 0. The van der Waals surface area contributed by atoms with E-state index in [9.17, 15) is 4.79 Å². The standard InChI is InChI=1S/C10H18N2OS/c11-9-1-4-12(5-2-9)10(13)8-3-6-14-7-8/h8-9H,1-7,11H2. The van der Waals surface area contributed by atoms with Gasteiger partial charge in [-0.2, -0.15) is 11.8 Å². The van der Waals surface area contributed by atoms with Crippen molar-refractivity contribution in [2.75, 3.05) is 24.6 Å². The quantitative estimate of drug-likeness (QED) is 0.698. The molecule has 1 atom stereocenters. The number of nitrogens with two attached hydrogens (primary N) is 1. The molecule has 2 aliphatic rings. The van der Waals surface area contributed by atoms with Crippen LogP contribution in [0.1, 0.15) is 19.3 Å². The SMILES string of the molecule is NC1CCN(C(=O)C2CCSC2)CC1. The molecule has 0 aromatic rings. The topological polar surface area (TPSA) is 46.3 Å². The van der Waals surface area contributed by atoms with Crippen LogP contribution in [0.15, 0.2) is 0 Å². The lowest BCUT2D eigenvalue weighted by molar-refractivity contribution is -0.135. The fourth-order valence-electron chi connectivity index (χ4n) is 2.11. The minimum atomic E-state index is 0.300. The van der Waals surface area contributed by atoms with Crippen LogP contribution >= 0.6 is 11.8 Å². The molecule has 1 unspecified atom stereocenters. The molecule has 0 aromatic heterocycles. The zero-order valence-electron chi connectivity index (χ0n) is 8.45. The number of amides is 1. The zero-order valence-corrected chi connectivity index (χ0v) is 9.26. The molecule has 0 bridgehead atoms. The van der Waals surface area contributed by atoms with Crippen LogP contribution in [0.2, 0.25) is 0 Å². The molecule has 2 aliphatic heterocycles. The lowest BCUT2D eigenvalue weighted by atomic mass is 10.0. The van der Waals surface area contributed by atoms with Crippen LogP contribution < -0.4 is 5.73 Å². The van der Waals surface area contributed by atoms with E-state index in [0.29, 0.717) is 17.9 Å². The molecule has 0 saturated carbocycles. The van der Waals surface area contributed by atoms with E-state index >= 15 is 0 Å². The number of hydrogen-bond donors (Lipinski definition) is 1. The molecule has 0 spiro atoms. The molecule has 3 nitrogen and oxygen atoms in total. The maximum Gasteiger partial charge on any atom is 0.226 e. The summed E-state index contributed by atoms with van der Waals surface area (Å²) in [5.41, 5.74) is 5.81. The average molecular weight is 214 g/mol. The van der Waals surface area contributed by atoms with Gasteiger partial charge in [0.1, 0.15) is 0 Å². The molecular formula is C10H18N2OS. The van der Waals surface area contributed by atoms with Crippen LogP contribution in [0.25, 0.3) is 0 Å². The summed E-state index contributed by atoms with van der Waals surface area (Å²) >= 11 is 1.90. The molecule has 2 rings (SSSR count). The first-order chi connectivity index (χ1) is 6.77. The van der Waals surface area contributed by atoms with Crippen molar-refractivity contribution >= 4 is 17.7 Å². The van der Waals surface area contributed by atoms with Crippen LogP contribution in [-0.4, -0.2) is 41.4 Å². The maximum absolute atomic E-state index is 12.0. The second kappa shape index (κ2) is 4.53. The smallest absolute Gasteiger partial charge is 0.226 e. The summed E-state index contributed by atoms with van der Waals surface area (Å²) in [6.07, 6.45) is 3.03. The van der Waals surface area contributed by atoms with Gasteiger partial charge in [0.25, 0.3) is 0 Å². The van der Waals surface area contributed by atoms with Gasteiger partial charge in [-0.05, 0) is 25.0 Å². The summed E-state index contributed by atoms with van der Waals surface area (Å²) in [4.78, 5) is 14.0. The van der Waals surface area contributed by atoms with E-state index in [0.717, 1.165) is 43.9 Å². The third-order valence-electron chi connectivity index (χ3n) is 3.13. The predicted octanol–water partition coefficient (Wildman–Crippen LogP) is 0.689. The zero-order chi connectivity index (χ0) is 9.97. The van der Waals surface area contributed by atoms with Gasteiger partial charge in [0.15, 0.2) is 0 Å².